The van der Waals surface area contributed by atoms with Crippen molar-refractivity contribution < 1.29 is 9.47 Å². The van der Waals surface area contributed by atoms with Crippen LogP contribution < -0.4 is 9.47 Å². The molecule has 0 amide bonds. The summed E-state index contributed by atoms with van der Waals surface area (Å²) in [4.78, 5) is 3.12. The van der Waals surface area contributed by atoms with Crippen LogP contribution in [0, 0.1) is 4.64 Å². The summed E-state index contributed by atoms with van der Waals surface area (Å²) in [5.74, 6) is 1.59. The number of benzene rings is 1. The third-order valence-electron chi connectivity index (χ3n) is 2.39. The Bertz CT molecular complexity index is 576. The molecular formula is C11H9NO2S. The highest BCUT2D eigenvalue weighted by molar-refractivity contribution is 7.71. The van der Waals surface area contributed by atoms with E-state index in [1.807, 2.05) is 24.3 Å². The Labute approximate surface area is 91.6 Å². The standard InChI is InChI=1S/C11H9NO2S/c15-11-2-1-7-5-9-10(6-8(7)12-11)14-4-3-13-9/h1-2,5-6H,3-4H2,(H,12,15). The topological polar surface area (TPSA) is 34.2 Å². The summed E-state index contributed by atoms with van der Waals surface area (Å²) in [6.07, 6.45) is 0. The molecule has 0 atom stereocenters. The molecule has 1 aromatic carbocycles. The van der Waals surface area contributed by atoms with Gasteiger partial charge in [-0.05, 0) is 18.2 Å². The van der Waals surface area contributed by atoms with Gasteiger partial charge in [0.05, 0.1) is 5.52 Å². The first kappa shape index (κ1) is 8.73. The van der Waals surface area contributed by atoms with Gasteiger partial charge in [0.2, 0.25) is 0 Å². The fraction of sp³-hybridized carbons (Fsp3) is 0.182. The average molecular weight is 219 g/mol. The Morgan fingerprint density at radius 1 is 1.07 bits per heavy atom. The van der Waals surface area contributed by atoms with Crippen molar-refractivity contribution in [2.45, 2.75) is 0 Å². The van der Waals surface area contributed by atoms with Crippen LogP contribution in [0.25, 0.3) is 10.9 Å². The smallest absolute Gasteiger partial charge is 0.163 e. The van der Waals surface area contributed by atoms with Gasteiger partial charge in [-0.1, -0.05) is 12.2 Å². The van der Waals surface area contributed by atoms with Gasteiger partial charge in [-0.25, -0.2) is 0 Å². The maximum absolute atomic E-state index is 5.50. The van der Waals surface area contributed by atoms with E-state index in [0.717, 1.165) is 27.0 Å². The van der Waals surface area contributed by atoms with Gasteiger partial charge >= 0.3 is 0 Å². The first-order valence-electron chi connectivity index (χ1n) is 4.76. The van der Waals surface area contributed by atoms with E-state index in [2.05, 4.69) is 4.98 Å². The van der Waals surface area contributed by atoms with E-state index in [4.69, 9.17) is 21.7 Å². The molecule has 0 unspecified atom stereocenters. The Hall–Kier alpha value is -1.55. The number of hydrogen-bond donors (Lipinski definition) is 1. The molecule has 1 aliphatic rings. The highest BCUT2D eigenvalue weighted by atomic mass is 32.1. The number of rotatable bonds is 0. The normalized spacial score (nSPS) is 14.1. The number of ether oxygens (including phenoxy) is 2. The largest absolute Gasteiger partial charge is 0.486 e. The zero-order valence-corrected chi connectivity index (χ0v) is 8.76. The fourth-order valence-corrected chi connectivity index (χ4v) is 1.87. The van der Waals surface area contributed by atoms with E-state index in [-0.39, 0.29) is 0 Å². The molecule has 2 aromatic rings. The van der Waals surface area contributed by atoms with E-state index in [0.29, 0.717) is 13.2 Å². The van der Waals surface area contributed by atoms with Crippen molar-refractivity contribution in [2.75, 3.05) is 13.2 Å². The number of aromatic amines is 1. The maximum atomic E-state index is 5.50. The number of pyridine rings is 1. The van der Waals surface area contributed by atoms with E-state index in [1.165, 1.54) is 0 Å². The van der Waals surface area contributed by atoms with Crippen LogP contribution in [0.4, 0.5) is 0 Å². The minimum atomic E-state index is 0.603. The molecule has 4 heteroatoms. The molecule has 0 fully saturated rings. The molecular weight excluding hydrogens is 210 g/mol. The van der Waals surface area contributed by atoms with E-state index < -0.39 is 0 Å². The van der Waals surface area contributed by atoms with Crippen LogP contribution in [0.2, 0.25) is 0 Å². The predicted molar refractivity (Wildman–Crippen MR) is 60.1 cm³/mol. The molecule has 0 saturated carbocycles. The molecule has 3 rings (SSSR count). The van der Waals surface area contributed by atoms with Gasteiger partial charge in [0, 0.05) is 11.5 Å². The Kier molecular flexibility index (Phi) is 1.89. The molecule has 2 heterocycles. The van der Waals surface area contributed by atoms with Crippen LogP contribution in [0.1, 0.15) is 0 Å². The molecule has 0 saturated heterocycles. The predicted octanol–water partition coefficient (Wildman–Crippen LogP) is 2.67. The van der Waals surface area contributed by atoms with E-state index in [1.54, 1.807) is 0 Å². The fourth-order valence-electron chi connectivity index (χ4n) is 1.69. The summed E-state index contributed by atoms with van der Waals surface area (Å²) in [5.41, 5.74) is 0.978. The highest BCUT2D eigenvalue weighted by Crippen LogP contribution is 2.33. The molecule has 1 aliphatic heterocycles. The summed E-state index contributed by atoms with van der Waals surface area (Å²) < 4.78 is 11.7. The second-order valence-corrected chi connectivity index (χ2v) is 3.85. The number of aromatic nitrogens is 1. The van der Waals surface area contributed by atoms with Crippen molar-refractivity contribution >= 4 is 23.1 Å². The van der Waals surface area contributed by atoms with Gasteiger partial charge < -0.3 is 14.5 Å². The Morgan fingerprint density at radius 2 is 1.80 bits per heavy atom. The van der Waals surface area contributed by atoms with Crippen molar-refractivity contribution in [3.63, 3.8) is 0 Å². The molecule has 0 bridgehead atoms. The monoisotopic (exact) mass is 219 g/mol. The lowest BCUT2D eigenvalue weighted by Crippen LogP contribution is -2.15. The molecule has 0 spiro atoms. The lowest BCUT2D eigenvalue weighted by Gasteiger charge is -2.18. The number of hydrogen-bond acceptors (Lipinski definition) is 3. The first-order valence-corrected chi connectivity index (χ1v) is 5.16. The second-order valence-electron chi connectivity index (χ2n) is 3.41. The first-order chi connectivity index (χ1) is 7.33. The van der Waals surface area contributed by atoms with Crippen LogP contribution in [0.3, 0.4) is 0 Å². The summed E-state index contributed by atoms with van der Waals surface area (Å²) in [5, 5.41) is 1.08. The zero-order chi connectivity index (χ0) is 10.3. The van der Waals surface area contributed by atoms with Gasteiger partial charge in [0.1, 0.15) is 17.9 Å². The number of H-pyrrole nitrogens is 1. The van der Waals surface area contributed by atoms with Crippen LogP contribution in [0.5, 0.6) is 11.5 Å². The van der Waals surface area contributed by atoms with Gasteiger partial charge in [-0.3, -0.25) is 0 Å². The maximum Gasteiger partial charge on any atom is 0.163 e. The molecule has 15 heavy (non-hydrogen) atoms. The summed E-state index contributed by atoms with van der Waals surface area (Å²) >= 11 is 5.07. The van der Waals surface area contributed by atoms with Crippen LogP contribution in [-0.4, -0.2) is 18.2 Å². The average Bonchev–Trinajstić information content (AvgIpc) is 2.26. The van der Waals surface area contributed by atoms with Gasteiger partial charge in [0.25, 0.3) is 0 Å². The summed E-state index contributed by atoms with van der Waals surface area (Å²) in [7, 11) is 0. The third-order valence-corrected chi connectivity index (χ3v) is 2.62. The SMILES string of the molecule is S=c1ccc2cc3c(cc2[nH]1)OCCO3. The van der Waals surface area contributed by atoms with Crippen LogP contribution in [-0.2, 0) is 0 Å². The molecule has 76 valence electrons. The summed E-state index contributed by atoms with van der Waals surface area (Å²) in [6, 6.07) is 7.74. The lowest BCUT2D eigenvalue weighted by atomic mass is 10.2. The van der Waals surface area contributed by atoms with Crippen LogP contribution in [0.15, 0.2) is 24.3 Å². The van der Waals surface area contributed by atoms with E-state index in [9.17, 15) is 0 Å². The minimum absolute atomic E-state index is 0.603. The number of nitrogens with one attached hydrogen (secondary N) is 1. The van der Waals surface area contributed by atoms with Crippen molar-refractivity contribution in [1.82, 2.24) is 4.98 Å². The molecule has 1 N–H and O–H groups in total. The number of fused-ring (bicyclic) bond motifs is 2. The zero-order valence-electron chi connectivity index (χ0n) is 7.95. The van der Waals surface area contributed by atoms with Gasteiger partial charge in [-0.15, -0.1) is 0 Å². The van der Waals surface area contributed by atoms with Crippen molar-refractivity contribution in [3.05, 3.63) is 28.9 Å². The quantitative estimate of drug-likeness (QED) is 0.692. The molecule has 1 aromatic heterocycles. The third kappa shape index (κ3) is 1.47. The Balaban J connectivity index is 2.30. The van der Waals surface area contributed by atoms with Crippen molar-refractivity contribution in [2.24, 2.45) is 0 Å². The van der Waals surface area contributed by atoms with Gasteiger partial charge in [-0.2, -0.15) is 0 Å². The molecule has 3 nitrogen and oxygen atoms in total. The minimum Gasteiger partial charge on any atom is -0.486 e. The highest BCUT2D eigenvalue weighted by Gasteiger charge is 2.12. The van der Waals surface area contributed by atoms with Crippen LogP contribution >= 0.6 is 12.2 Å². The van der Waals surface area contributed by atoms with E-state index >= 15 is 0 Å². The second kappa shape index (κ2) is 3.24. The van der Waals surface area contributed by atoms with Gasteiger partial charge in [0.15, 0.2) is 11.5 Å². The van der Waals surface area contributed by atoms with Crippen molar-refractivity contribution in [1.29, 1.82) is 0 Å². The molecule has 0 radical (unpaired) electrons. The Morgan fingerprint density at radius 3 is 2.60 bits per heavy atom. The van der Waals surface area contributed by atoms with Crippen molar-refractivity contribution in [3.8, 4) is 11.5 Å². The lowest BCUT2D eigenvalue weighted by molar-refractivity contribution is 0.172. The molecule has 0 aliphatic carbocycles. The summed E-state index contributed by atoms with van der Waals surface area (Å²) in [6.45, 7) is 1.22.